The Kier molecular flexibility index (Phi) is 4.32. The number of carboxylic acid groups (broad SMARTS) is 1. The zero-order chi connectivity index (χ0) is 10.4. The van der Waals surface area contributed by atoms with E-state index in [1.165, 1.54) is 11.8 Å². The fraction of sp³-hybridized carbons (Fsp3) is 0.300. The molecule has 3 nitrogen and oxygen atoms in total. The Labute approximate surface area is 87.1 Å². The number of carboxylic acids is 1. The summed E-state index contributed by atoms with van der Waals surface area (Å²) in [6, 6.07) is 7.43. The maximum atomic E-state index is 10.3. The lowest BCUT2D eigenvalue weighted by Crippen LogP contribution is -1.97. The van der Waals surface area contributed by atoms with E-state index in [1.54, 1.807) is 0 Å². The highest BCUT2D eigenvalue weighted by Crippen LogP contribution is 2.22. The first kappa shape index (κ1) is 10.9. The van der Waals surface area contributed by atoms with Gasteiger partial charge in [0.1, 0.15) is 5.75 Å². The summed E-state index contributed by atoms with van der Waals surface area (Å²) in [6.45, 7) is 2.53. The van der Waals surface area contributed by atoms with Crippen LogP contribution in [0.5, 0.6) is 5.75 Å². The number of rotatable bonds is 5. The smallest absolute Gasteiger partial charge is 0.313 e. The monoisotopic (exact) mass is 212 g/mol. The molecule has 4 heteroatoms. The van der Waals surface area contributed by atoms with Gasteiger partial charge >= 0.3 is 5.97 Å². The second kappa shape index (κ2) is 5.54. The highest BCUT2D eigenvalue weighted by molar-refractivity contribution is 8.00. The standard InChI is InChI=1S/C10H12O3S/c1-2-13-8-4-3-5-9(6-8)14-7-10(11)12/h3-6H,2,7H2,1H3,(H,11,12). The van der Waals surface area contributed by atoms with Gasteiger partial charge in [0, 0.05) is 4.90 Å². The average molecular weight is 212 g/mol. The van der Waals surface area contributed by atoms with Gasteiger partial charge in [0.15, 0.2) is 0 Å². The van der Waals surface area contributed by atoms with Gasteiger partial charge in [-0.1, -0.05) is 6.07 Å². The number of hydrogen-bond donors (Lipinski definition) is 1. The Balaban J connectivity index is 2.58. The van der Waals surface area contributed by atoms with Crippen molar-refractivity contribution in [2.24, 2.45) is 0 Å². The Morgan fingerprint density at radius 2 is 2.36 bits per heavy atom. The molecule has 1 aromatic carbocycles. The second-order valence-electron chi connectivity index (χ2n) is 2.59. The lowest BCUT2D eigenvalue weighted by Gasteiger charge is -2.04. The van der Waals surface area contributed by atoms with Crippen LogP contribution in [0.3, 0.4) is 0 Å². The van der Waals surface area contributed by atoms with E-state index in [1.807, 2.05) is 31.2 Å². The molecule has 1 rings (SSSR count). The van der Waals surface area contributed by atoms with Gasteiger partial charge in [0.05, 0.1) is 12.4 Å². The van der Waals surface area contributed by atoms with E-state index in [-0.39, 0.29) is 5.75 Å². The fourth-order valence-electron chi connectivity index (χ4n) is 0.966. The van der Waals surface area contributed by atoms with Gasteiger partial charge in [-0.15, -0.1) is 11.8 Å². The summed E-state index contributed by atoms with van der Waals surface area (Å²) < 4.78 is 5.29. The maximum Gasteiger partial charge on any atom is 0.313 e. The summed E-state index contributed by atoms with van der Waals surface area (Å²) in [5.74, 6) is 0.0509. The van der Waals surface area contributed by atoms with E-state index in [0.717, 1.165) is 10.6 Å². The molecule has 0 radical (unpaired) electrons. The lowest BCUT2D eigenvalue weighted by atomic mass is 10.3. The highest BCUT2D eigenvalue weighted by Gasteiger charge is 2.00. The van der Waals surface area contributed by atoms with Crippen molar-refractivity contribution in [3.63, 3.8) is 0 Å². The van der Waals surface area contributed by atoms with Crippen LogP contribution in [0.1, 0.15) is 6.92 Å². The molecule has 1 N–H and O–H groups in total. The molecule has 0 amide bonds. The quantitative estimate of drug-likeness (QED) is 0.760. The van der Waals surface area contributed by atoms with Crippen molar-refractivity contribution in [1.29, 1.82) is 0 Å². The minimum absolute atomic E-state index is 0.0789. The first-order chi connectivity index (χ1) is 6.72. The van der Waals surface area contributed by atoms with E-state index in [9.17, 15) is 4.79 Å². The van der Waals surface area contributed by atoms with Gasteiger partial charge in [-0.05, 0) is 25.1 Å². The first-order valence-corrected chi connectivity index (χ1v) is 5.28. The molecule has 1 aromatic rings. The Morgan fingerprint density at radius 3 is 3.00 bits per heavy atom. The molecule has 0 unspecified atom stereocenters. The molecule has 0 aliphatic carbocycles. The molecule has 0 aliphatic heterocycles. The summed E-state index contributed by atoms with van der Waals surface area (Å²) in [5, 5.41) is 8.50. The van der Waals surface area contributed by atoms with Crippen LogP contribution in [0.25, 0.3) is 0 Å². The fourth-order valence-corrected chi connectivity index (χ4v) is 1.63. The van der Waals surface area contributed by atoms with Crippen LogP contribution < -0.4 is 4.74 Å². The third-order valence-electron chi connectivity index (χ3n) is 1.48. The summed E-state index contributed by atoms with van der Waals surface area (Å²) in [7, 11) is 0. The lowest BCUT2D eigenvalue weighted by molar-refractivity contribution is -0.133. The van der Waals surface area contributed by atoms with Crippen LogP contribution in [-0.2, 0) is 4.79 Å². The molecular formula is C10H12O3S. The van der Waals surface area contributed by atoms with Crippen LogP contribution in [0.15, 0.2) is 29.2 Å². The molecule has 0 aliphatic rings. The molecule has 0 saturated heterocycles. The molecule has 0 saturated carbocycles. The van der Waals surface area contributed by atoms with Crippen LogP contribution in [0.2, 0.25) is 0 Å². The van der Waals surface area contributed by atoms with Crippen LogP contribution in [0, 0.1) is 0 Å². The van der Waals surface area contributed by atoms with E-state index < -0.39 is 5.97 Å². The van der Waals surface area contributed by atoms with Crippen molar-refractivity contribution in [3.05, 3.63) is 24.3 Å². The van der Waals surface area contributed by atoms with Gasteiger partial charge < -0.3 is 9.84 Å². The predicted molar refractivity (Wildman–Crippen MR) is 56.0 cm³/mol. The molecule has 0 aromatic heterocycles. The Morgan fingerprint density at radius 1 is 1.57 bits per heavy atom. The van der Waals surface area contributed by atoms with Crippen molar-refractivity contribution in [2.45, 2.75) is 11.8 Å². The minimum atomic E-state index is -0.809. The number of ether oxygens (including phenoxy) is 1. The maximum absolute atomic E-state index is 10.3. The number of hydrogen-bond acceptors (Lipinski definition) is 3. The summed E-state index contributed by atoms with van der Waals surface area (Å²) in [6.07, 6.45) is 0. The van der Waals surface area contributed by atoms with Gasteiger partial charge in [-0.25, -0.2) is 0 Å². The van der Waals surface area contributed by atoms with E-state index in [2.05, 4.69) is 0 Å². The number of aliphatic carboxylic acids is 1. The van der Waals surface area contributed by atoms with Gasteiger partial charge in [-0.2, -0.15) is 0 Å². The molecule has 76 valence electrons. The molecule has 0 atom stereocenters. The SMILES string of the molecule is CCOc1cccc(SCC(=O)O)c1. The van der Waals surface area contributed by atoms with Crippen molar-refractivity contribution >= 4 is 17.7 Å². The minimum Gasteiger partial charge on any atom is -0.494 e. The normalized spacial score (nSPS) is 9.79. The molecule has 14 heavy (non-hydrogen) atoms. The zero-order valence-corrected chi connectivity index (χ0v) is 8.71. The van der Waals surface area contributed by atoms with Crippen molar-refractivity contribution in [1.82, 2.24) is 0 Å². The third kappa shape index (κ3) is 3.70. The summed E-state index contributed by atoms with van der Waals surface area (Å²) in [5.41, 5.74) is 0. The number of thioether (sulfide) groups is 1. The van der Waals surface area contributed by atoms with Crippen LogP contribution in [0.4, 0.5) is 0 Å². The average Bonchev–Trinajstić information content (AvgIpc) is 2.16. The van der Waals surface area contributed by atoms with Crippen molar-refractivity contribution in [3.8, 4) is 5.75 Å². The number of carbonyl (C=O) groups is 1. The summed E-state index contributed by atoms with van der Waals surface area (Å²) in [4.78, 5) is 11.2. The van der Waals surface area contributed by atoms with E-state index in [4.69, 9.17) is 9.84 Å². The topological polar surface area (TPSA) is 46.5 Å². The molecule has 0 heterocycles. The number of benzene rings is 1. The second-order valence-corrected chi connectivity index (χ2v) is 3.64. The largest absolute Gasteiger partial charge is 0.494 e. The van der Waals surface area contributed by atoms with Gasteiger partial charge in [-0.3, -0.25) is 4.79 Å². The van der Waals surface area contributed by atoms with E-state index in [0.29, 0.717) is 6.61 Å². The van der Waals surface area contributed by atoms with Crippen LogP contribution in [-0.4, -0.2) is 23.4 Å². The Hall–Kier alpha value is -1.16. The first-order valence-electron chi connectivity index (χ1n) is 4.30. The van der Waals surface area contributed by atoms with Gasteiger partial charge in [0.25, 0.3) is 0 Å². The van der Waals surface area contributed by atoms with Crippen molar-refractivity contribution < 1.29 is 14.6 Å². The predicted octanol–water partition coefficient (Wildman–Crippen LogP) is 2.26. The molecule has 0 fully saturated rings. The Bertz CT molecular complexity index is 312. The molecular weight excluding hydrogens is 200 g/mol. The summed E-state index contributed by atoms with van der Waals surface area (Å²) >= 11 is 1.29. The zero-order valence-electron chi connectivity index (χ0n) is 7.90. The highest BCUT2D eigenvalue weighted by atomic mass is 32.2. The molecule has 0 spiro atoms. The van der Waals surface area contributed by atoms with E-state index >= 15 is 0 Å². The van der Waals surface area contributed by atoms with Crippen LogP contribution >= 0.6 is 11.8 Å². The third-order valence-corrected chi connectivity index (χ3v) is 2.46. The van der Waals surface area contributed by atoms with Crippen molar-refractivity contribution in [2.75, 3.05) is 12.4 Å². The molecule has 0 bridgehead atoms. The van der Waals surface area contributed by atoms with Gasteiger partial charge in [0.2, 0.25) is 0 Å².